The molecule has 0 saturated carbocycles. The fourth-order valence-electron chi connectivity index (χ4n) is 2.38. The van der Waals surface area contributed by atoms with E-state index < -0.39 is 10.0 Å². The normalized spacial score (nSPS) is 14.6. The summed E-state index contributed by atoms with van der Waals surface area (Å²) < 4.78 is 31.8. The van der Waals surface area contributed by atoms with Crippen LogP contribution < -0.4 is 4.72 Å². The molecule has 1 N–H and O–H groups in total. The van der Waals surface area contributed by atoms with Crippen LogP contribution in [0.2, 0.25) is 0 Å². The second kappa shape index (κ2) is 6.50. The molecule has 0 aromatic heterocycles. The lowest BCUT2D eigenvalue weighted by Crippen LogP contribution is -2.25. The second-order valence-electron chi connectivity index (χ2n) is 4.88. The van der Waals surface area contributed by atoms with Crippen molar-refractivity contribution in [3.63, 3.8) is 0 Å². The zero-order valence-corrected chi connectivity index (χ0v) is 12.1. The highest BCUT2D eigenvalue weighted by atomic mass is 32.2. The molecule has 106 valence electrons. The molecule has 0 fully saturated rings. The minimum Gasteiger partial charge on any atom is -0.385 e. The Labute approximate surface area is 115 Å². The average Bonchev–Trinajstić information content (AvgIpc) is 2.85. The van der Waals surface area contributed by atoms with E-state index in [-0.39, 0.29) is 0 Å². The molecule has 5 heteroatoms. The standard InChI is InChI=1S/C14H21NO3S/c1-18-10-3-2-9-15-19(16,17)14-8-7-12-5-4-6-13(12)11-14/h7-8,11,15H,2-6,9-10H2,1H3. The first-order valence-electron chi connectivity index (χ1n) is 6.74. The van der Waals surface area contributed by atoms with Gasteiger partial charge in [-0.25, -0.2) is 13.1 Å². The number of unbranched alkanes of at least 4 members (excludes halogenated alkanes) is 1. The fourth-order valence-corrected chi connectivity index (χ4v) is 3.50. The molecule has 0 unspecified atom stereocenters. The summed E-state index contributed by atoms with van der Waals surface area (Å²) in [4.78, 5) is 0.389. The smallest absolute Gasteiger partial charge is 0.240 e. The van der Waals surface area contributed by atoms with E-state index in [1.165, 1.54) is 11.1 Å². The van der Waals surface area contributed by atoms with Gasteiger partial charge in [-0.3, -0.25) is 0 Å². The van der Waals surface area contributed by atoms with E-state index >= 15 is 0 Å². The number of hydrogen-bond acceptors (Lipinski definition) is 3. The number of rotatable bonds is 7. The summed E-state index contributed by atoms with van der Waals surface area (Å²) in [6.45, 7) is 1.13. The number of methoxy groups -OCH3 is 1. The SMILES string of the molecule is COCCCCNS(=O)(=O)c1ccc2c(c1)CCC2. The van der Waals surface area contributed by atoms with Gasteiger partial charge in [-0.15, -0.1) is 0 Å². The predicted octanol–water partition coefficient (Wildman–Crippen LogP) is 1.88. The van der Waals surface area contributed by atoms with Crippen LogP contribution in [0.1, 0.15) is 30.4 Å². The quantitative estimate of drug-likeness (QED) is 0.777. The molecule has 1 aromatic carbocycles. The molecule has 19 heavy (non-hydrogen) atoms. The molecule has 4 nitrogen and oxygen atoms in total. The maximum atomic E-state index is 12.1. The van der Waals surface area contributed by atoms with Crippen molar-refractivity contribution < 1.29 is 13.2 Å². The molecular weight excluding hydrogens is 262 g/mol. The van der Waals surface area contributed by atoms with Crippen LogP contribution in [0.5, 0.6) is 0 Å². The summed E-state index contributed by atoms with van der Waals surface area (Å²) in [5.74, 6) is 0. The summed E-state index contributed by atoms with van der Waals surface area (Å²) in [6.07, 6.45) is 4.84. The number of nitrogens with one attached hydrogen (secondary N) is 1. The van der Waals surface area contributed by atoms with Crippen molar-refractivity contribution in [3.8, 4) is 0 Å². The van der Waals surface area contributed by atoms with Crippen LogP contribution in [0, 0.1) is 0 Å². The molecule has 0 heterocycles. The minimum absolute atomic E-state index is 0.389. The van der Waals surface area contributed by atoms with Crippen molar-refractivity contribution in [2.24, 2.45) is 0 Å². The Morgan fingerprint density at radius 2 is 2.00 bits per heavy atom. The van der Waals surface area contributed by atoms with E-state index in [0.29, 0.717) is 18.0 Å². The van der Waals surface area contributed by atoms with E-state index in [2.05, 4.69) is 4.72 Å². The van der Waals surface area contributed by atoms with Gasteiger partial charge in [-0.1, -0.05) is 6.07 Å². The minimum atomic E-state index is -3.36. The van der Waals surface area contributed by atoms with Crippen molar-refractivity contribution in [3.05, 3.63) is 29.3 Å². The van der Waals surface area contributed by atoms with E-state index in [1.54, 1.807) is 13.2 Å². The zero-order valence-electron chi connectivity index (χ0n) is 11.3. The molecule has 0 aliphatic heterocycles. The van der Waals surface area contributed by atoms with Gasteiger partial charge >= 0.3 is 0 Å². The molecular formula is C14H21NO3S. The molecule has 0 saturated heterocycles. The highest BCUT2D eigenvalue weighted by Gasteiger charge is 2.17. The lowest BCUT2D eigenvalue weighted by Gasteiger charge is -2.08. The van der Waals surface area contributed by atoms with Crippen LogP contribution in [-0.2, 0) is 27.6 Å². The van der Waals surface area contributed by atoms with Crippen LogP contribution in [0.3, 0.4) is 0 Å². The van der Waals surface area contributed by atoms with Crippen molar-refractivity contribution >= 4 is 10.0 Å². The van der Waals surface area contributed by atoms with Crippen molar-refractivity contribution in [2.75, 3.05) is 20.3 Å². The third-order valence-electron chi connectivity index (χ3n) is 3.45. The van der Waals surface area contributed by atoms with Crippen LogP contribution >= 0.6 is 0 Å². The summed E-state index contributed by atoms with van der Waals surface area (Å²) >= 11 is 0. The van der Waals surface area contributed by atoms with Gasteiger partial charge in [0.25, 0.3) is 0 Å². The molecule has 1 aliphatic carbocycles. The summed E-state index contributed by atoms with van der Waals surface area (Å²) in [5.41, 5.74) is 2.47. The summed E-state index contributed by atoms with van der Waals surface area (Å²) in [7, 11) is -1.71. The maximum Gasteiger partial charge on any atom is 0.240 e. The van der Waals surface area contributed by atoms with Gasteiger partial charge in [0.15, 0.2) is 0 Å². The topological polar surface area (TPSA) is 55.4 Å². The molecule has 1 aromatic rings. The first-order chi connectivity index (χ1) is 9.13. The van der Waals surface area contributed by atoms with Gasteiger partial charge in [0, 0.05) is 20.3 Å². The lowest BCUT2D eigenvalue weighted by atomic mass is 10.1. The molecule has 0 amide bonds. The number of ether oxygens (including phenoxy) is 1. The Balaban J connectivity index is 1.95. The zero-order chi connectivity index (χ0) is 13.7. The molecule has 0 radical (unpaired) electrons. The molecule has 0 atom stereocenters. The van der Waals surface area contributed by atoms with Gasteiger partial charge in [-0.2, -0.15) is 0 Å². The van der Waals surface area contributed by atoms with E-state index in [0.717, 1.165) is 32.1 Å². The number of sulfonamides is 1. The Morgan fingerprint density at radius 1 is 1.21 bits per heavy atom. The van der Waals surface area contributed by atoms with Crippen LogP contribution in [0.25, 0.3) is 0 Å². The molecule has 0 spiro atoms. The largest absolute Gasteiger partial charge is 0.385 e. The van der Waals surface area contributed by atoms with Crippen molar-refractivity contribution in [2.45, 2.75) is 37.0 Å². The van der Waals surface area contributed by atoms with Crippen molar-refractivity contribution in [1.82, 2.24) is 4.72 Å². The molecule has 0 bridgehead atoms. The average molecular weight is 283 g/mol. The lowest BCUT2D eigenvalue weighted by molar-refractivity contribution is 0.193. The van der Waals surface area contributed by atoms with Gasteiger partial charge in [-0.05, 0) is 55.4 Å². The van der Waals surface area contributed by atoms with E-state index in [1.807, 2.05) is 12.1 Å². The van der Waals surface area contributed by atoms with Gasteiger partial charge in [0.2, 0.25) is 10.0 Å². The number of fused-ring (bicyclic) bond motifs is 1. The molecule has 1 aliphatic rings. The monoisotopic (exact) mass is 283 g/mol. The van der Waals surface area contributed by atoms with Gasteiger partial charge in [0.1, 0.15) is 0 Å². The Hall–Kier alpha value is -0.910. The first-order valence-corrected chi connectivity index (χ1v) is 8.22. The number of benzene rings is 1. The number of aryl methyl sites for hydroxylation is 2. The van der Waals surface area contributed by atoms with Crippen LogP contribution in [0.4, 0.5) is 0 Å². The maximum absolute atomic E-state index is 12.1. The summed E-state index contributed by atoms with van der Waals surface area (Å²) in [6, 6.07) is 5.48. The Bertz CT molecular complexity index is 525. The van der Waals surface area contributed by atoms with E-state index in [4.69, 9.17) is 4.74 Å². The van der Waals surface area contributed by atoms with Crippen LogP contribution in [-0.4, -0.2) is 28.7 Å². The van der Waals surface area contributed by atoms with E-state index in [9.17, 15) is 8.42 Å². The third kappa shape index (κ3) is 3.78. The second-order valence-corrected chi connectivity index (χ2v) is 6.65. The fraction of sp³-hybridized carbons (Fsp3) is 0.571. The predicted molar refractivity (Wildman–Crippen MR) is 74.8 cm³/mol. The van der Waals surface area contributed by atoms with Crippen LogP contribution in [0.15, 0.2) is 23.1 Å². The first kappa shape index (κ1) is 14.5. The van der Waals surface area contributed by atoms with Gasteiger partial charge < -0.3 is 4.74 Å². The highest BCUT2D eigenvalue weighted by molar-refractivity contribution is 7.89. The number of hydrogen-bond donors (Lipinski definition) is 1. The Kier molecular flexibility index (Phi) is 4.96. The highest BCUT2D eigenvalue weighted by Crippen LogP contribution is 2.24. The summed E-state index contributed by atoms with van der Waals surface area (Å²) in [5, 5.41) is 0. The van der Waals surface area contributed by atoms with Gasteiger partial charge in [0.05, 0.1) is 4.90 Å². The third-order valence-corrected chi connectivity index (χ3v) is 4.91. The van der Waals surface area contributed by atoms with Crippen molar-refractivity contribution in [1.29, 1.82) is 0 Å². The molecule has 2 rings (SSSR count). The Morgan fingerprint density at radius 3 is 2.79 bits per heavy atom.